The van der Waals surface area contributed by atoms with Crippen molar-refractivity contribution in [3.63, 3.8) is 0 Å². The van der Waals surface area contributed by atoms with Crippen molar-refractivity contribution in [1.29, 1.82) is 0 Å². The number of fused-ring (bicyclic) bond motifs is 3. The van der Waals surface area contributed by atoms with E-state index in [2.05, 4.69) is 25.9 Å². The minimum absolute atomic E-state index is 0.0133. The van der Waals surface area contributed by atoms with E-state index in [9.17, 15) is 38.7 Å². The molecule has 0 spiro atoms. The number of amidine groups is 2. The SMILES string of the molecule is Cc1cc(C(C)(C)C)c(OC(=O)c2cc(=O)c3c(OCC(COc4cccc5oc(C(=O)Oc6c(C(C)(C)C)cc(C)c(CC7=NCCN7)c6C)cc(=O)c45)OC(=O)[C@@H]4N5C(=O)[C@@H](NC(=O)[C@H](N)c6ccc(O)cc6)[C@H]5SC4(C)C)cccc3o2)c(C)c1CC1=NCCN1. The van der Waals surface area contributed by atoms with Crippen molar-refractivity contribution in [3.8, 4) is 28.7 Å². The Balaban J connectivity index is 0.866. The van der Waals surface area contributed by atoms with Crippen molar-refractivity contribution in [3.05, 3.63) is 167 Å². The van der Waals surface area contributed by atoms with Gasteiger partial charge in [0.15, 0.2) is 17.0 Å². The Morgan fingerprint density at radius 2 is 1.18 bits per heavy atom. The molecule has 0 saturated carbocycles. The first-order valence-electron chi connectivity index (χ1n) is 31.2. The van der Waals surface area contributed by atoms with E-state index in [0.29, 0.717) is 43.0 Å². The lowest BCUT2D eigenvalue weighted by Gasteiger charge is -2.44. The lowest BCUT2D eigenvalue weighted by Crippen LogP contribution is -2.71. The van der Waals surface area contributed by atoms with Crippen LogP contribution in [0.2, 0.25) is 0 Å². The number of thioether (sulfide) groups is 1. The van der Waals surface area contributed by atoms with Crippen LogP contribution >= 0.6 is 11.8 Å². The van der Waals surface area contributed by atoms with Crippen molar-refractivity contribution < 1.29 is 61.6 Å². The molecule has 492 valence electrons. The number of aromatic hydroxyl groups is 1. The second kappa shape index (κ2) is 25.8. The Bertz CT molecular complexity index is 4210. The molecule has 4 aliphatic heterocycles. The van der Waals surface area contributed by atoms with Crippen LogP contribution in [0.1, 0.15) is 133 Å². The normalized spacial score (nSPS) is 17.8. The van der Waals surface area contributed by atoms with Gasteiger partial charge in [-0.3, -0.25) is 29.2 Å². The van der Waals surface area contributed by atoms with Gasteiger partial charge in [0.25, 0.3) is 0 Å². The predicted molar refractivity (Wildman–Crippen MR) is 356 cm³/mol. The number of phenolic OH excluding ortho intramolecular Hbond substituents is 1. The van der Waals surface area contributed by atoms with Crippen LogP contribution in [0.3, 0.4) is 0 Å². The topological polar surface area (TPSA) is 302 Å². The van der Waals surface area contributed by atoms with Crippen molar-refractivity contribution in [2.75, 3.05) is 39.4 Å². The van der Waals surface area contributed by atoms with Gasteiger partial charge in [0.05, 0.1) is 13.1 Å². The van der Waals surface area contributed by atoms with Crippen molar-refractivity contribution in [2.24, 2.45) is 15.7 Å². The summed E-state index contributed by atoms with van der Waals surface area (Å²) in [5.74, 6) is -2.27. The van der Waals surface area contributed by atoms with Gasteiger partial charge in [-0.25, -0.2) is 14.4 Å². The number of ether oxygens (including phenoxy) is 5. The quantitative estimate of drug-likeness (QED) is 0.0287. The molecular weight excluding hydrogens is 1220 g/mol. The number of esters is 3. The molecule has 7 aromatic rings. The van der Waals surface area contributed by atoms with Crippen molar-refractivity contribution in [2.45, 2.75) is 141 Å². The molecule has 94 heavy (non-hydrogen) atoms. The molecule has 0 unspecified atom stereocenters. The van der Waals surface area contributed by atoms with Gasteiger partial charge >= 0.3 is 17.9 Å². The average molecular weight is 1300 g/mol. The number of benzene rings is 5. The summed E-state index contributed by atoms with van der Waals surface area (Å²) in [7, 11) is 0. The molecule has 2 aromatic heterocycles. The number of amides is 2. The van der Waals surface area contributed by atoms with E-state index in [1.807, 2.05) is 81.4 Å². The van der Waals surface area contributed by atoms with Crippen LogP contribution < -0.4 is 51.5 Å². The predicted octanol–water partition coefficient (Wildman–Crippen LogP) is 8.58. The summed E-state index contributed by atoms with van der Waals surface area (Å²) in [6, 6.07) is 17.5. The Morgan fingerprint density at radius 3 is 1.62 bits per heavy atom. The van der Waals surface area contributed by atoms with E-state index in [1.165, 1.54) is 65.2 Å². The molecule has 22 nitrogen and oxygen atoms in total. The fourth-order valence-electron chi connectivity index (χ4n) is 12.4. The van der Waals surface area contributed by atoms with Gasteiger partial charge in [0.1, 0.15) is 99.1 Å². The first-order valence-corrected chi connectivity index (χ1v) is 32.1. The standard InChI is InChI=1S/C71H77N7O15S/c1-35-27-44(69(5,6)7)60(37(3)42(35)29-54-73-23-24-74-54)92-66(84)52-31-46(80)56-48(15-13-17-50(56)90-52)87-33-41(89-68(86)62-71(11,12)94-65-59(64(83)78(62)65)77-63(82)58(72)39-19-21-40(79)22-20-39)34-88-49-16-14-18-51-57(49)47(81)32-53(91-51)67(85)93-61-38(4)43(30-55-75-25-26-76-55)36(2)28-45(61)70(8,9)10/h13-22,27-28,31-32,41,58-59,62,65,79H,23-26,29-30,33-34,72H2,1-12H3,(H,73,74)(H,75,76)(H,77,82)/t58-,59-,62+,65-/m1/s1. The van der Waals surface area contributed by atoms with E-state index >= 15 is 0 Å². The second-order valence-electron chi connectivity index (χ2n) is 26.7. The number of aliphatic imine (C=N–C) groups is 2. The number of nitrogens with two attached hydrogens (primary N) is 1. The summed E-state index contributed by atoms with van der Waals surface area (Å²) >= 11 is 1.28. The third-order valence-corrected chi connectivity index (χ3v) is 19.0. The van der Waals surface area contributed by atoms with Gasteiger partial charge in [0.2, 0.25) is 23.3 Å². The lowest BCUT2D eigenvalue weighted by molar-refractivity contribution is -0.169. The fraction of sp³-hybridized carbons (Fsp3) is 0.394. The summed E-state index contributed by atoms with van der Waals surface area (Å²) < 4.78 is 42.6. The summed E-state index contributed by atoms with van der Waals surface area (Å²) in [4.78, 5) is 110. The third-order valence-electron chi connectivity index (χ3n) is 17.4. The molecule has 2 fully saturated rings. The Morgan fingerprint density at radius 1 is 0.713 bits per heavy atom. The maximum Gasteiger partial charge on any atom is 0.379 e. The lowest BCUT2D eigenvalue weighted by atomic mass is 9.82. The van der Waals surface area contributed by atoms with Crippen LogP contribution in [0.4, 0.5) is 0 Å². The van der Waals surface area contributed by atoms with Crippen LogP contribution in [0, 0.1) is 27.7 Å². The molecule has 0 aliphatic carbocycles. The molecule has 2 saturated heterocycles. The minimum Gasteiger partial charge on any atom is -0.508 e. The number of carbonyl (C=O) groups excluding carboxylic acids is 5. The smallest absolute Gasteiger partial charge is 0.379 e. The number of phenols is 1. The van der Waals surface area contributed by atoms with E-state index in [4.69, 9.17) is 38.3 Å². The molecule has 4 atom stereocenters. The van der Waals surface area contributed by atoms with Crippen LogP contribution in [0.15, 0.2) is 113 Å². The molecule has 6 heterocycles. The monoisotopic (exact) mass is 1300 g/mol. The van der Waals surface area contributed by atoms with Gasteiger partial charge < -0.3 is 64.2 Å². The Kier molecular flexibility index (Phi) is 18.1. The average Bonchev–Trinajstić information content (AvgIpc) is 1.58. The molecule has 2 amide bonds. The molecule has 23 heteroatoms. The Hall–Kier alpha value is -9.48. The number of aryl methyl sites for hydroxylation is 2. The summed E-state index contributed by atoms with van der Waals surface area (Å²) in [6.07, 6.45) is -0.323. The highest BCUT2D eigenvalue weighted by atomic mass is 32.2. The number of hydrogen-bond donors (Lipinski definition) is 5. The van der Waals surface area contributed by atoms with E-state index in [1.54, 1.807) is 26.0 Å². The third kappa shape index (κ3) is 13.2. The molecule has 5 aromatic carbocycles. The van der Waals surface area contributed by atoms with Gasteiger partial charge in [-0.15, -0.1) is 11.8 Å². The van der Waals surface area contributed by atoms with Gasteiger partial charge in [0, 0.05) is 53.9 Å². The molecule has 0 radical (unpaired) electrons. The fourth-order valence-corrected chi connectivity index (χ4v) is 14.0. The van der Waals surface area contributed by atoms with Crippen molar-refractivity contribution >= 4 is 75.1 Å². The summed E-state index contributed by atoms with van der Waals surface area (Å²) in [6.45, 7) is 25.3. The molecule has 0 bridgehead atoms. The highest BCUT2D eigenvalue weighted by Gasteiger charge is 2.65. The van der Waals surface area contributed by atoms with Gasteiger partial charge in [-0.05, 0) is 128 Å². The summed E-state index contributed by atoms with van der Waals surface area (Å²) in [5, 5.41) is 18.3. The number of rotatable bonds is 19. The van der Waals surface area contributed by atoms with Gasteiger partial charge in [-0.1, -0.05) is 77.9 Å². The van der Waals surface area contributed by atoms with E-state index in [0.717, 1.165) is 81.4 Å². The zero-order valence-corrected chi connectivity index (χ0v) is 55.4. The maximum atomic E-state index is 14.8. The number of nitrogens with one attached hydrogen (secondary N) is 3. The van der Waals surface area contributed by atoms with Crippen LogP contribution in [-0.2, 0) is 42.8 Å². The highest BCUT2D eigenvalue weighted by Crippen LogP contribution is 2.51. The van der Waals surface area contributed by atoms with Crippen LogP contribution in [0.5, 0.6) is 28.7 Å². The summed E-state index contributed by atoms with van der Waals surface area (Å²) in [5.41, 5.74) is 11.4. The molecule has 11 rings (SSSR count). The van der Waals surface area contributed by atoms with Crippen LogP contribution in [-0.4, -0.2) is 119 Å². The molecule has 4 aliphatic rings. The zero-order chi connectivity index (χ0) is 67.5. The number of nitrogens with zero attached hydrogens (tertiary/aromatic N) is 3. The molecular formula is C71H77N7O15S. The van der Waals surface area contributed by atoms with Crippen LogP contribution in [0.25, 0.3) is 21.9 Å². The number of hydrogen-bond acceptors (Lipinski definition) is 21. The van der Waals surface area contributed by atoms with E-state index < -0.39 is 99.0 Å². The highest BCUT2D eigenvalue weighted by molar-refractivity contribution is 8.01. The van der Waals surface area contributed by atoms with E-state index in [-0.39, 0.29) is 50.7 Å². The zero-order valence-electron chi connectivity index (χ0n) is 54.6. The second-order valence-corrected chi connectivity index (χ2v) is 28.5. The number of carbonyl (C=O) groups is 5. The number of β-lactam (4-membered cyclic amide) rings is 1. The van der Waals surface area contributed by atoms with Gasteiger partial charge in [-0.2, -0.15) is 0 Å². The largest absolute Gasteiger partial charge is 0.508 e. The first-order chi connectivity index (χ1) is 44.5. The maximum absolute atomic E-state index is 14.8. The first kappa shape index (κ1) is 66.0. The van der Waals surface area contributed by atoms with Crippen molar-refractivity contribution in [1.82, 2.24) is 20.9 Å². The minimum atomic E-state index is -1.34. The Labute approximate surface area is 547 Å². The molecule has 6 N–H and O–H groups in total.